The number of ether oxygens (including phenoxy) is 4. The maximum atomic E-state index is 13.2. The molecule has 3 aromatic rings. The molecule has 3 aromatic carbocycles. The molecule has 1 fully saturated rings. The Labute approximate surface area is 242 Å². The van der Waals surface area contributed by atoms with E-state index < -0.39 is 11.7 Å². The minimum atomic E-state index is -4.55. The molecule has 1 atom stereocenters. The average Bonchev–Trinajstić information content (AvgIpc) is 2.96. The largest absolute Gasteiger partial charge is 0.496 e. The van der Waals surface area contributed by atoms with Crippen molar-refractivity contribution in [1.82, 2.24) is 5.32 Å². The fourth-order valence-electron chi connectivity index (χ4n) is 4.46. The van der Waals surface area contributed by atoms with Gasteiger partial charge >= 0.3 is 6.18 Å². The summed E-state index contributed by atoms with van der Waals surface area (Å²) in [6.45, 7) is 2.19. The summed E-state index contributed by atoms with van der Waals surface area (Å²) in [5, 5.41) is 2.70. The Kier molecular flexibility index (Phi) is 10.9. The number of alkyl halides is 3. The third-order valence-electron chi connectivity index (χ3n) is 6.47. The third-order valence-corrected chi connectivity index (χ3v) is 6.80. The van der Waals surface area contributed by atoms with Gasteiger partial charge in [-0.05, 0) is 48.0 Å². The number of anilines is 1. The van der Waals surface area contributed by atoms with E-state index in [1.54, 1.807) is 36.3 Å². The van der Waals surface area contributed by atoms with Crippen LogP contribution in [0.15, 0.2) is 66.7 Å². The molecule has 7 nitrogen and oxygen atoms in total. The molecule has 0 aliphatic carbocycles. The standard InChI is InChI=1S/C30H32ClF3N2O5/c1-38-28-6-3-2-5-22(28)19-39-13-4-14-41-25-10-8-23(9-11-25)36-24(16-35-17-29(36)37)20-40-18-21-7-12-27(31)26(15-21)30(32,33)34/h2-3,5-12,15,24,35H,4,13-14,16-20H2,1H3/t24-/m0/s1. The fraction of sp³-hybridized carbons (Fsp3) is 0.367. The van der Waals surface area contributed by atoms with E-state index in [-0.39, 0.29) is 36.7 Å². The number of amides is 1. The first-order chi connectivity index (χ1) is 19.8. The highest BCUT2D eigenvalue weighted by atomic mass is 35.5. The first-order valence-corrected chi connectivity index (χ1v) is 13.5. The highest BCUT2D eigenvalue weighted by Crippen LogP contribution is 2.35. The number of halogens is 4. The summed E-state index contributed by atoms with van der Waals surface area (Å²) in [5.41, 5.74) is 1.11. The van der Waals surface area contributed by atoms with E-state index in [0.717, 1.165) is 17.4 Å². The van der Waals surface area contributed by atoms with Crippen LogP contribution in [-0.4, -0.2) is 52.0 Å². The van der Waals surface area contributed by atoms with Gasteiger partial charge in [0, 0.05) is 24.2 Å². The number of carbonyl (C=O) groups is 1. The summed E-state index contributed by atoms with van der Waals surface area (Å²) in [7, 11) is 1.63. The van der Waals surface area contributed by atoms with Gasteiger partial charge in [-0.2, -0.15) is 13.2 Å². The number of nitrogens with one attached hydrogen (secondary N) is 1. The second-order valence-corrected chi connectivity index (χ2v) is 9.84. The molecule has 4 rings (SSSR count). The zero-order valence-corrected chi connectivity index (χ0v) is 23.3. The molecule has 1 N–H and O–H groups in total. The number of methoxy groups -OCH3 is 1. The SMILES string of the molecule is COc1ccccc1COCCCOc1ccc(N2C(=O)CNC[C@H]2COCc2ccc(Cl)c(C(F)(F)F)c2)cc1. The van der Waals surface area contributed by atoms with E-state index in [1.807, 2.05) is 24.3 Å². The van der Waals surface area contributed by atoms with Crippen LogP contribution in [0.5, 0.6) is 11.5 Å². The van der Waals surface area contributed by atoms with E-state index in [0.29, 0.717) is 49.8 Å². The molecule has 1 aliphatic heterocycles. The Morgan fingerprint density at radius 2 is 1.78 bits per heavy atom. The van der Waals surface area contributed by atoms with E-state index in [1.165, 1.54) is 12.1 Å². The summed E-state index contributed by atoms with van der Waals surface area (Å²) in [6.07, 6.45) is -3.85. The minimum Gasteiger partial charge on any atom is -0.496 e. The molecule has 1 saturated heterocycles. The minimum absolute atomic E-state index is 0.0475. The number of para-hydroxylation sites is 1. The molecule has 0 unspecified atom stereocenters. The van der Waals surface area contributed by atoms with Crippen LogP contribution in [0.2, 0.25) is 5.02 Å². The Morgan fingerprint density at radius 3 is 2.54 bits per heavy atom. The van der Waals surface area contributed by atoms with Gasteiger partial charge in [-0.3, -0.25) is 4.79 Å². The monoisotopic (exact) mass is 592 g/mol. The molecule has 0 bridgehead atoms. The lowest BCUT2D eigenvalue weighted by Gasteiger charge is -2.36. The molecule has 0 radical (unpaired) electrons. The lowest BCUT2D eigenvalue weighted by atomic mass is 10.1. The van der Waals surface area contributed by atoms with Gasteiger partial charge < -0.3 is 29.2 Å². The number of hydrogen-bond acceptors (Lipinski definition) is 6. The van der Waals surface area contributed by atoms with Gasteiger partial charge in [0.2, 0.25) is 5.91 Å². The van der Waals surface area contributed by atoms with Crippen molar-refractivity contribution in [2.45, 2.75) is 31.9 Å². The average molecular weight is 593 g/mol. The molecule has 0 spiro atoms. The van der Waals surface area contributed by atoms with Crippen molar-refractivity contribution in [3.63, 3.8) is 0 Å². The molecule has 0 saturated carbocycles. The summed E-state index contributed by atoms with van der Waals surface area (Å²) >= 11 is 5.70. The maximum absolute atomic E-state index is 13.2. The third kappa shape index (κ3) is 8.59. The molecule has 0 aromatic heterocycles. The summed E-state index contributed by atoms with van der Waals surface area (Å²) < 4.78 is 62.1. The molecule has 41 heavy (non-hydrogen) atoms. The van der Waals surface area contributed by atoms with Crippen molar-refractivity contribution in [1.29, 1.82) is 0 Å². The van der Waals surface area contributed by atoms with Crippen molar-refractivity contribution >= 4 is 23.2 Å². The molecule has 11 heteroatoms. The Bertz CT molecular complexity index is 1290. The Balaban J connectivity index is 1.25. The zero-order chi connectivity index (χ0) is 29.2. The van der Waals surface area contributed by atoms with E-state index in [2.05, 4.69) is 5.32 Å². The van der Waals surface area contributed by atoms with Crippen molar-refractivity contribution in [2.24, 2.45) is 0 Å². The second-order valence-electron chi connectivity index (χ2n) is 9.44. The van der Waals surface area contributed by atoms with Gasteiger partial charge in [0.25, 0.3) is 0 Å². The highest BCUT2D eigenvalue weighted by Gasteiger charge is 2.33. The van der Waals surface area contributed by atoms with Crippen LogP contribution in [0.4, 0.5) is 18.9 Å². The van der Waals surface area contributed by atoms with Crippen LogP contribution in [0.1, 0.15) is 23.1 Å². The van der Waals surface area contributed by atoms with Crippen LogP contribution in [0, 0.1) is 0 Å². The van der Waals surface area contributed by atoms with Crippen LogP contribution in [-0.2, 0) is 33.7 Å². The first kappa shape index (κ1) is 30.6. The van der Waals surface area contributed by atoms with Crippen LogP contribution in [0.3, 0.4) is 0 Å². The van der Waals surface area contributed by atoms with Gasteiger partial charge in [0.05, 0.1) is 63.3 Å². The molecule has 1 amide bonds. The second kappa shape index (κ2) is 14.5. The molecule has 1 aliphatic rings. The predicted molar refractivity (Wildman–Crippen MR) is 149 cm³/mol. The van der Waals surface area contributed by atoms with Crippen LogP contribution < -0.4 is 19.7 Å². The van der Waals surface area contributed by atoms with Gasteiger partial charge in [0.15, 0.2) is 0 Å². The quantitative estimate of drug-likeness (QED) is 0.250. The summed E-state index contributed by atoms with van der Waals surface area (Å²) in [6, 6.07) is 18.3. The highest BCUT2D eigenvalue weighted by molar-refractivity contribution is 6.31. The zero-order valence-electron chi connectivity index (χ0n) is 22.6. The van der Waals surface area contributed by atoms with Gasteiger partial charge in [-0.25, -0.2) is 0 Å². The van der Waals surface area contributed by atoms with Gasteiger partial charge in [-0.1, -0.05) is 35.9 Å². The lowest BCUT2D eigenvalue weighted by Crippen LogP contribution is -2.57. The topological polar surface area (TPSA) is 69.3 Å². The van der Waals surface area contributed by atoms with Gasteiger partial charge in [-0.15, -0.1) is 0 Å². The van der Waals surface area contributed by atoms with E-state index in [4.69, 9.17) is 30.5 Å². The smallest absolute Gasteiger partial charge is 0.417 e. The predicted octanol–water partition coefficient (Wildman–Crippen LogP) is 5.87. The number of carbonyl (C=O) groups excluding carboxylic acids is 1. The summed E-state index contributed by atoms with van der Waals surface area (Å²) in [4.78, 5) is 14.4. The number of rotatable bonds is 13. The van der Waals surface area contributed by atoms with Crippen molar-refractivity contribution in [3.05, 3.63) is 88.4 Å². The normalized spacial score (nSPS) is 15.7. The molecular weight excluding hydrogens is 561 g/mol. The number of hydrogen-bond donors (Lipinski definition) is 1. The van der Waals surface area contributed by atoms with Crippen LogP contribution >= 0.6 is 11.6 Å². The maximum Gasteiger partial charge on any atom is 0.417 e. The molecule has 1 heterocycles. The van der Waals surface area contributed by atoms with Crippen molar-refractivity contribution in [3.8, 4) is 11.5 Å². The molecule has 220 valence electrons. The van der Waals surface area contributed by atoms with E-state index >= 15 is 0 Å². The van der Waals surface area contributed by atoms with Crippen molar-refractivity contribution in [2.75, 3.05) is 44.9 Å². The number of benzene rings is 3. The number of piperazine rings is 1. The number of nitrogens with zero attached hydrogens (tertiary/aromatic N) is 1. The molecular formula is C30H32ClF3N2O5. The lowest BCUT2D eigenvalue weighted by molar-refractivity contribution is -0.137. The fourth-order valence-corrected chi connectivity index (χ4v) is 4.69. The Morgan fingerprint density at radius 1 is 1.00 bits per heavy atom. The van der Waals surface area contributed by atoms with Crippen molar-refractivity contribution < 1.29 is 36.9 Å². The first-order valence-electron chi connectivity index (χ1n) is 13.1. The Hall–Kier alpha value is -3.31. The van der Waals surface area contributed by atoms with Crippen LogP contribution in [0.25, 0.3) is 0 Å². The summed E-state index contributed by atoms with van der Waals surface area (Å²) in [5.74, 6) is 1.33. The van der Waals surface area contributed by atoms with Gasteiger partial charge in [0.1, 0.15) is 11.5 Å². The van der Waals surface area contributed by atoms with E-state index in [9.17, 15) is 18.0 Å².